The van der Waals surface area contributed by atoms with Gasteiger partial charge in [-0.3, -0.25) is 14.9 Å². The molecule has 0 radical (unpaired) electrons. The molecule has 3 aromatic carbocycles. The summed E-state index contributed by atoms with van der Waals surface area (Å²) in [6.45, 7) is 0. The quantitative estimate of drug-likeness (QED) is 0.232. The van der Waals surface area contributed by atoms with Gasteiger partial charge in [0.25, 0.3) is 5.69 Å². The summed E-state index contributed by atoms with van der Waals surface area (Å²) in [6, 6.07) is 19.0. The highest BCUT2D eigenvalue weighted by Gasteiger charge is 2.14. The number of carbonyl (C=O) groups is 1. The molecule has 4 aromatic rings. The van der Waals surface area contributed by atoms with Gasteiger partial charge >= 0.3 is 0 Å². The second-order valence-corrected chi connectivity index (χ2v) is 7.65. The fourth-order valence-corrected chi connectivity index (χ4v) is 4.26. The number of halogens is 1. The Kier molecular flexibility index (Phi) is 4.90. The lowest BCUT2D eigenvalue weighted by Crippen LogP contribution is -2.04. The van der Waals surface area contributed by atoms with Gasteiger partial charge in [-0.25, -0.2) is 4.98 Å². The molecule has 7 heteroatoms. The van der Waals surface area contributed by atoms with Gasteiger partial charge in [0.15, 0.2) is 5.78 Å². The number of Topliss-reactive ketones (excluding diaryl/α,β-unsaturated/α-hetero) is 1. The first-order valence-electron chi connectivity index (χ1n) is 8.43. The van der Waals surface area contributed by atoms with Crippen molar-refractivity contribution in [3.8, 4) is 10.6 Å². The van der Waals surface area contributed by atoms with Crippen LogP contribution in [0.4, 0.5) is 5.69 Å². The normalized spacial score (nSPS) is 10.9. The van der Waals surface area contributed by atoms with Crippen LogP contribution in [0.15, 0.2) is 66.7 Å². The van der Waals surface area contributed by atoms with Crippen molar-refractivity contribution in [1.82, 2.24) is 4.98 Å². The molecule has 0 amide bonds. The fraction of sp³-hybridized carbons (Fsp3) is 0.0476. The molecule has 0 fully saturated rings. The molecule has 0 aliphatic carbocycles. The first kappa shape index (κ1) is 18.3. The topological polar surface area (TPSA) is 73.1 Å². The van der Waals surface area contributed by atoms with Crippen LogP contribution in [0, 0.1) is 10.1 Å². The fourth-order valence-electron chi connectivity index (χ4n) is 2.91. The lowest BCUT2D eigenvalue weighted by molar-refractivity contribution is -0.384. The van der Waals surface area contributed by atoms with E-state index in [-0.39, 0.29) is 17.9 Å². The molecular formula is C21H13ClN2O3S. The van der Waals surface area contributed by atoms with Crippen molar-refractivity contribution in [3.05, 3.63) is 93.0 Å². The summed E-state index contributed by atoms with van der Waals surface area (Å²) in [5.41, 5.74) is 2.68. The monoisotopic (exact) mass is 408 g/mol. The molecule has 0 saturated heterocycles. The van der Waals surface area contributed by atoms with E-state index in [9.17, 15) is 14.9 Å². The summed E-state index contributed by atoms with van der Waals surface area (Å²) < 4.78 is 1.08. The molecule has 0 bridgehead atoms. The predicted octanol–water partition coefficient (Wildman–Crippen LogP) is 5.95. The molecule has 0 unspecified atom stereocenters. The van der Waals surface area contributed by atoms with Crippen LogP contribution in [0.2, 0.25) is 5.02 Å². The van der Waals surface area contributed by atoms with Gasteiger partial charge in [-0.15, -0.1) is 11.3 Å². The Hall–Kier alpha value is -3.09. The van der Waals surface area contributed by atoms with Gasteiger partial charge in [-0.1, -0.05) is 48.0 Å². The summed E-state index contributed by atoms with van der Waals surface area (Å²) in [4.78, 5) is 27.5. The molecule has 1 heterocycles. The molecule has 4 rings (SSSR count). The van der Waals surface area contributed by atoms with E-state index in [1.807, 2.05) is 36.4 Å². The van der Waals surface area contributed by atoms with E-state index in [0.717, 1.165) is 26.4 Å². The van der Waals surface area contributed by atoms with Crippen molar-refractivity contribution in [3.63, 3.8) is 0 Å². The molecule has 5 nitrogen and oxygen atoms in total. The number of nitrogens with zero attached hydrogens (tertiary/aromatic N) is 2. The van der Waals surface area contributed by atoms with Crippen LogP contribution in [0.5, 0.6) is 0 Å². The van der Waals surface area contributed by atoms with Crippen molar-refractivity contribution < 1.29 is 9.72 Å². The largest absolute Gasteiger partial charge is 0.294 e. The Morgan fingerprint density at radius 2 is 1.89 bits per heavy atom. The highest BCUT2D eigenvalue weighted by atomic mass is 35.5. The minimum Gasteiger partial charge on any atom is -0.294 e. The van der Waals surface area contributed by atoms with Crippen molar-refractivity contribution in [1.29, 1.82) is 0 Å². The zero-order chi connectivity index (χ0) is 19.7. The van der Waals surface area contributed by atoms with Crippen LogP contribution < -0.4 is 0 Å². The third-order valence-electron chi connectivity index (χ3n) is 4.30. The van der Waals surface area contributed by atoms with Gasteiger partial charge in [0.05, 0.1) is 20.2 Å². The molecule has 138 valence electrons. The standard InChI is InChI=1S/C21H13ClN2O3S/c22-17-10-13(11-19(25)14-4-3-5-15(12-14)24(26)27)8-9-16(17)21-23-18-6-1-2-7-20(18)28-21/h1-10,12H,11H2. The van der Waals surface area contributed by atoms with Crippen molar-refractivity contribution in [2.24, 2.45) is 0 Å². The van der Waals surface area contributed by atoms with Crippen LogP contribution in [-0.4, -0.2) is 15.7 Å². The second kappa shape index (κ2) is 7.50. The van der Waals surface area contributed by atoms with Crippen LogP contribution in [0.1, 0.15) is 15.9 Å². The lowest BCUT2D eigenvalue weighted by atomic mass is 10.0. The average molecular weight is 409 g/mol. The molecule has 0 N–H and O–H groups in total. The van der Waals surface area contributed by atoms with Crippen molar-refractivity contribution >= 4 is 44.6 Å². The van der Waals surface area contributed by atoms with E-state index in [1.54, 1.807) is 23.5 Å². The van der Waals surface area contributed by atoms with Crippen molar-refractivity contribution in [2.75, 3.05) is 0 Å². The van der Waals surface area contributed by atoms with Gasteiger partial charge in [-0.05, 0) is 23.8 Å². The van der Waals surface area contributed by atoms with E-state index in [1.165, 1.54) is 18.2 Å². The van der Waals surface area contributed by atoms with Crippen LogP contribution in [-0.2, 0) is 6.42 Å². The van der Waals surface area contributed by atoms with E-state index >= 15 is 0 Å². The number of para-hydroxylation sites is 1. The molecule has 0 aliphatic rings. The van der Waals surface area contributed by atoms with Gasteiger partial charge < -0.3 is 0 Å². The number of hydrogen-bond acceptors (Lipinski definition) is 5. The van der Waals surface area contributed by atoms with Crippen LogP contribution in [0.25, 0.3) is 20.8 Å². The molecule has 1 aromatic heterocycles. The number of nitro groups is 1. The van der Waals surface area contributed by atoms with Gasteiger partial charge in [0.1, 0.15) is 5.01 Å². The zero-order valence-corrected chi connectivity index (χ0v) is 16.0. The van der Waals surface area contributed by atoms with Crippen molar-refractivity contribution in [2.45, 2.75) is 6.42 Å². The Bertz CT molecular complexity index is 1190. The summed E-state index contributed by atoms with van der Waals surface area (Å²) >= 11 is 8.01. The number of rotatable bonds is 5. The van der Waals surface area contributed by atoms with Crippen LogP contribution in [0.3, 0.4) is 0 Å². The Labute approximate surface area is 169 Å². The molecular weight excluding hydrogens is 396 g/mol. The van der Waals surface area contributed by atoms with Crippen LogP contribution >= 0.6 is 22.9 Å². The highest BCUT2D eigenvalue weighted by Crippen LogP contribution is 2.35. The SMILES string of the molecule is O=C(Cc1ccc(-c2nc3ccccc3s2)c(Cl)c1)c1cccc([N+](=O)[O-])c1. The Balaban J connectivity index is 1.58. The summed E-state index contributed by atoms with van der Waals surface area (Å²) in [6.07, 6.45) is 0.112. The maximum absolute atomic E-state index is 12.5. The maximum atomic E-state index is 12.5. The maximum Gasteiger partial charge on any atom is 0.270 e. The predicted molar refractivity (Wildman–Crippen MR) is 111 cm³/mol. The zero-order valence-electron chi connectivity index (χ0n) is 14.5. The number of nitro benzene ring substituents is 1. The van der Waals surface area contributed by atoms with E-state index < -0.39 is 4.92 Å². The van der Waals surface area contributed by atoms with Gasteiger partial charge in [-0.2, -0.15) is 0 Å². The van der Waals surface area contributed by atoms with E-state index in [0.29, 0.717) is 10.6 Å². The third kappa shape index (κ3) is 3.65. The molecule has 0 saturated carbocycles. The minimum absolute atomic E-state index is 0.102. The summed E-state index contributed by atoms with van der Waals surface area (Å²) in [7, 11) is 0. The highest BCUT2D eigenvalue weighted by molar-refractivity contribution is 7.21. The first-order chi connectivity index (χ1) is 13.5. The summed E-state index contributed by atoms with van der Waals surface area (Å²) in [5, 5.41) is 12.2. The second-order valence-electron chi connectivity index (χ2n) is 6.21. The third-order valence-corrected chi connectivity index (χ3v) is 5.68. The lowest BCUT2D eigenvalue weighted by Gasteiger charge is -2.05. The number of hydrogen-bond donors (Lipinski definition) is 0. The minimum atomic E-state index is -0.513. The number of thiazole rings is 1. The number of non-ortho nitro benzene ring substituents is 1. The van der Waals surface area contributed by atoms with E-state index in [4.69, 9.17) is 11.6 Å². The molecule has 28 heavy (non-hydrogen) atoms. The number of fused-ring (bicyclic) bond motifs is 1. The number of aromatic nitrogens is 1. The number of benzene rings is 3. The molecule has 0 atom stereocenters. The smallest absolute Gasteiger partial charge is 0.270 e. The number of ketones is 1. The van der Waals surface area contributed by atoms with Gasteiger partial charge in [0.2, 0.25) is 0 Å². The Morgan fingerprint density at radius 3 is 2.64 bits per heavy atom. The average Bonchev–Trinajstić information content (AvgIpc) is 3.12. The first-order valence-corrected chi connectivity index (χ1v) is 9.63. The number of carbonyl (C=O) groups excluding carboxylic acids is 1. The molecule has 0 spiro atoms. The van der Waals surface area contributed by atoms with Gasteiger partial charge in [0, 0.05) is 29.7 Å². The van der Waals surface area contributed by atoms with E-state index in [2.05, 4.69) is 4.98 Å². The Morgan fingerprint density at radius 1 is 1.07 bits per heavy atom. The molecule has 0 aliphatic heterocycles. The summed E-state index contributed by atoms with van der Waals surface area (Å²) in [5.74, 6) is -0.201.